The Labute approximate surface area is 148 Å². The molecule has 5 heteroatoms. The first kappa shape index (κ1) is 17.0. The monoisotopic (exact) mass is 406 g/mol. The van der Waals surface area contributed by atoms with E-state index in [4.69, 9.17) is 39.5 Å². The van der Waals surface area contributed by atoms with Gasteiger partial charge in [-0.25, -0.2) is 0 Å². The lowest BCUT2D eigenvalue weighted by Gasteiger charge is -2.13. The molecule has 112 valence electrons. The molecule has 0 aliphatic heterocycles. The van der Waals surface area contributed by atoms with Gasteiger partial charge in [-0.15, -0.1) is 11.6 Å². The van der Waals surface area contributed by atoms with Crippen molar-refractivity contribution in [1.82, 2.24) is 0 Å². The minimum absolute atomic E-state index is 0.144. The number of benzene rings is 2. The third-order valence-corrected chi connectivity index (χ3v) is 4.78. The van der Waals surface area contributed by atoms with Crippen LogP contribution in [-0.2, 0) is 6.42 Å². The van der Waals surface area contributed by atoms with Crippen molar-refractivity contribution < 1.29 is 4.74 Å². The molecule has 0 saturated carbocycles. The first-order valence-electron chi connectivity index (χ1n) is 6.51. The summed E-state index contributed by atoms with van der Waals surface area (Å²) in [6, 6.07) is 11.5. The van der Waals surface area contributed by atoms with E-state index < -0.39 is 0 Å². The number of alkyl halides is 1. The van der Waals surface area contributed by atoms with Gasteiger partial charge in [0, 0.05) is 0 Å². The molecule has 0 aliphatic carbocycles. The standard InChI is InChI=1S/C16H14BrCl3O/c1-2-21-16-6-4-11(9-12(16)17)14(19)7-10-3-5-13(18)15(20)8-10/h3-6,8-9,14H,2,7H2,1H3. The quantitative estimate of drug-likeness (QED) is 0.502. The lowest BCUT2D eigenvalue weighted by Crippen LogP contribution is -1.98. The Hall–Kier alpha value is -0.410. The second-order valence-electron chi connectivity index (χ2n) is 4.54. The molecule has 0 aromatic heterocycles. The lowest BCUT2D eigenvalue weighted by atomic mass is 10.0. The van der Waals surface area contributed by atoms with Gasteiger partial charge in [-0.3, -0.25) is 0 Å². The molecular formula is C16H14BrCl3O. The number of halogens is 4. The van der Waals surface area contributed by atoms with E-state index >= 15 is 0 Å². The van der Waals surface area contributed by atoms with Crippen molar-refractivity contribution in [3.8, 4) is 5.75 Å². The highest BCUT2D eigenvalue weighted by atomic mass is 79.9. The highest BCUT2D eigenvalue weighted by Gasteiger charge is 2.12. The minimum Gasteiger partial charge on any atom is -0.493 e. The summed E-state index contributed by atoms with van der Waals surface area (Å²) in [4.78, 5) is 0. The fourth-order valence-corrected chi connectivity index (χ4v) is 3.12. The summed E-state index contributed by atoms with van der Waals surface area (Å²) < 4.78 is 6.40. The van der Waals surface area contributed by atoms with E-state index in [2.05, 4.69) is 15.9 Å². The predicted octanol–water partition coefficient (Wildman–Crippen LogP) is 6.68. The summed E-state index contributed by atoms with van der Waals surface area (Å²) in [6.45, 7) is 2.58. The number of ether oxygens (including phenoxy) is 1. The summed E-state index contributed by atoms with van der Waals surface area (Å²) in [7, 11) is 0. The fourth-order valence-electron chi connectivity index (χ4n) is 1.98. The first-order chi connectivity index (χ1) is 10.0. The summed E-state index contributed by atoms with van der Waals surface area (Å²) in [6.07, 6.45) is 0.679. The van der Waals surface area contributed by atoms with Crippen molar-refractivity contribution in [1.29, 1.82) is 0 Å². The molecule has 0 heterocycles. The molecule has 21 heavy (non-hydrogen) atoms. The average Bonchev–Trinajstić information content (AvgIpc) is 2.45. The third-order valence-electron chi connectivity index (χ3n) is 3.02. The van der Waals surface area contributed by atoms with Gasteiger partial charge in [-0.2, -0.15) is 0 Å². The molecule has 2 aromatic rings. The summed E-state index contributed by atoms with van der Waals surface area (Å²) in [5.74, 6) is 0.819. The SMILES string of the molecule is CCOc1ccc(C(Cl)Cc2ccc(Cl)c(Cl)c2)cc1Br. The van der Waals surface area contributed by atoms with Crippen LogP contribution in [0.4, 0.5) is 0 Å². The zero-order chi connectivity index (χ0) is 15.4. The zero-order valence-corrected chi connectivity index (χ0v) is 15.2. The molecular weight excluding hydrogens is 394 g/mol. The second-order valence-corrected chi connectivity index (χ2v) is 6.74. The molecule has 0 N–H and O–H groups in total. The molecule has 0 bridgehead atoms. The van der Waals surface area contributed by atoms with Gasteiger partial charge in [0.2, 0.25) is 0 Å². The van der Waals surface area contributed by atoms with Crippen LogP contribution in [-0.4, -0.2) is 6.61 Å². The average molecular weight is 409 g/mol. The minimum atomic E-state index is -0.144. The Morgan fingerprint density at radius 2 is 1.86 bits per heavy atom. The second kappa shape index (κ2) is 7.73. The van der Waals surface area contributed by atoms with Crippen molar-refractivity contribution in [3.63, 3.8) is 0 Å². The maximum Gasteiger partial charge on any atom is 0.133 e. The van der Waals surface area contributed by atoms with Crippen LogP contribution in [0.1, 0.15) is 23.4 Å². The Morgan fingerprint density at radius 3 is 2.48 bits per heavy atom. The highest BCUT2D eigenvalue weighted by Crippen LogP contribution is 2.33. The number of rotatable bonds is 5. The van der Waals surface area contributed by atoms with Gasteiger partial charge in [-0.05, 0) is 64.7 Å². The highest BCUT2D eigenvalue weighted by molar-refractivity contribution is 9.10. The van der Waals surface area contributed by atoms with E-state index in [1.807, 2.05) is 37.3 Å². The Bertz CT molecular complexity index is 631. The Kier molecular flexibility index (Phi) is 6.24. The smallest absolute Gasteiger partial charge is 0.133 e. The molecule has 2 aromatic carbocycles. The van der Waals surface area contributed by atoms with Crippen molar-refractivity contribution >= 4 is 50.7 Å². The summed E-state index contributed by atoms with van der Waals surface area (Å²) in [5.41, 5.74) is 2.08. The van der Waals surface area contributed by atoms with E-state index in [1.165, 1.54) is 0 Å². The molecule has 1 unspecified atom stereocenters. The summed E-state index contributed by atoms with van der Waals surface area (Å²) in [5, 5.41) is 0.954. The fraction of sp³-hybridized carbons (Fsp3) is 0.250. The van der Waals surface area contributed by atoms with Crippen LogP contribution in [0.3, 0.4) is 0 Å². The van der Waals surface area contributed by atoms with Gasteiger partial charge >= 0.3 is 0 Å². The van der Waals surface area contributed by atoms with Gasteiger partial charge in [0.05, 0.1) is 26.5 Å². The molecule has 0 aliphatic rings. The van der Waals surface area contributed by atoms with E-state index in [1.54, 1.807) is 6.07 Å². The van der Waals surface area contributed by atoms with Gasteiger partial charge in [-0.1, -0.05) is 35.3 Å². The van der Waals surface area contributed by atoms with E-state index in [-0.39, 0.29) is 5.38 Å². The van der Waals surface area contributed by atoms with E-state index in [0.717, 1.165) is 21.3 Å². The normalized spacial score (nSPS) is 12.2. The predicted molar refractivity (Wildman–Crippen MR) is 94.1 cm³/mol. The number of hydrogen-bond donors (Lipinski definition) is 0. The zero-order valence-electron chi connectivity index (χ0n) is 11.4. The molecule has 1 atom stereocenters. The van der Waals surface area contributed by atoms with Crippen LogP contribution in [0.2, 0.25) is 10.0 Å². The molecule has 0 amide bonds. The van der Waals surface area contributed by atoms with Crippen LogP contribution >= 0.6 is 50.7 Å². The summed E-state index contributed by atoms with van der Waals surface area (Å²) >= 11 is 21.9. The van der Waals surface area contributed by atoms with Crippen molar-refractivity contribution in [2.75, 3.05) is 6.61 Å². The van der Waals surface area contributed by atoms with Crippen LogP contribution < -0.4 is 4.74 Å². The largest absolute Gasteiger partial charge is 0.493 e. The molecule has 2 rings (SSSR count). The van der Waals surface area contributed by atoms with Gasteiger partial charge in [0.15, 0.2) is 0 Å². The van der Waals surface area contributed by atoms with Crippen LogP contribution in [0, 0.1) is 0 Å². The van der Waals surface area contributed by atoms with Crippen molar-refractivity contribution in [2.45, 2.75) is 18.7 Å². The lowest BCUT2D eigenvalue weighted by molar-refractivity contribution is 0.338. The molecule has 0 radical (unpaired) electrons. The molecule has 0 saturated heterocycles. The van der Waals surface area contributed by atoms with E-state index in [0.29, 0.717) is 23.1 Å². The van der Waals surface area contributed by atoms with Gasteiger partial charge < -0.3 is 4.74 Å². The first-order valence-corrected chi connectivity index (χ1v) is 8.50. The molecule has 0 spiro atoms. The Balaban J connectivity index is 2.14. The molecule has 1 nitrogen and oxygen atoms in total. The third kappa shape index (κ3) is 4.53. The van der Waals surface area contributed by atoms with Crippen LogP contribution in [0.15, 0.2) is 40.9 Å². The molecule has 0 fully saturated rings. The van der Waals surface area contributed by atoms with Gasteiger partial charge in [0.25, 0.3) is 0 Å². The van der Waals surface area contributed by atoms with E-state index in [9.17, 15) is 0 Å². The maximum absolute atomic E-state index is 6.50. The van der Waals surface area contributed by atoms with Crippen molar-refractivity contribution in [2.24, 2.45) is 0 Å². The maximum atomic E-state index is 6.50. The van der Waals surface area contributed by atoms with Crippen molar-refractivity contribution in [3.05, 3.63) is 62.0 Å². The van der Waals surface area contributed by atoms with Crippen LogP contribution in [0.25, 0.3) is 0 Å². The van der Waals surface area contributed by atoms with Gasteiger partial charge in [0.1, 0.15) is 5.75 Å². The topological polar surface area (TPSA) is 9.23 Å². The van der Waals surface area contributed by atoms with Crippen LogP contribution in [0.5, 0.6) is 5.75 Å². The Morgan fingerprint density at radius 1 is 1.10 bits per heavy atom. The number of hydrogen-bond acceptors (Lipinski definition) is 1.